The SMILES string of the molecule is CCCCCNC(=O)C1CC(=O)N(c2cc(C)c(Cl)cc2OC)C1. The van der Waals surface area contributed by atoms with Crippen molar-refractivity contribution < 1.29 is 14.3 Å². The molecular weight excluding hydrogens is 328 g/mol. The van der Waals surface area contributed by atoms with Gasteiger partial charge < -0.3 is 15.0 Å². The van der Waals surface area contributed by atoms with Gasteiger partial charge in [-0.2, -0.15) is 0 Å². The monoisotopic (exact) mass is 352 g/mol. The highest BCUT2D eigenvalue weighted by atomic mass is 35.5. The maximum atomic E-state index is 12.4. The van der Waals surface area contributed by atoms with Crippen LogP contribution in [0.3, 0.4) is 0 Å². The van der Waals surface area contributed by atoms with Gasteiger partial charge in [-0.1, -0.05) is 31.4 Å². The minimum absolute atomic E-state index is 0.0494. The zero-order chi connectivity index (χ0) is 17.7. The molecule has 1 N–H and O–H groups in total. The normalized spacial score (nSPS) is 17.2. The van der Waals surface area contributed by atoms with E-state index in [1.165, 1.54) is 0 Å². The molecule has 1 fully saturated rings. The molecule has 2 amide bonds. The number of anilines is 1. The van der Waals surface area contributed by atoms with Gasteiger partial charge >= 0.3 is 0 Å². The van der Waals surface area contributed by atoms with Gasteiger partial charge in [0.25, 0.3) is 0 Å². The zero-order valence-electron chi connectivity index (χ0n) is 14.5. The Morgan fingerprint density at radius 2 is 2.17 bits per heavy atom. The van der Waals surface area contributed by atoms with Crippen LogP contribution in [-0.4, -0.2) is 32.0 Å². The van der Waals surface area contributed by atoms with Crippen molar-refractivity contribution in [3.05, 3.63) is 22.7 Å². The summed E-state index contributed by atoms with van der Waals surface area (Å²) in [5.74, 6) is 0.109. The molecule has 5 nitrogen and oxygen atoms in total. The first kappa shape index (κ1) is 18.6. The average Bonchev–Trinajstić information content (AvgIpc) is 2.95. The van der Waals surface area contributed by atoms with E-state index in [1.54, 1.807) is 18.1 Å². The molecular formula is C18H25ClN2O3. The van der Waals surface area contributed by atoms with Crippen molar-refractivity contribution in [2.75, 3.05) is 25.1 Å². The highest BCUT2D eigenvalue weighted by Crippen LogP contribution is 2.36. The number of unbranched alkanes of at least 4 members (excludes halogenated alkanes) is 2. The second kappa shape index (κ2) is 8.38. The molecule has 1 atom stereocenters. The van der Waals surface area contributed by atoms with Gasteiger partial charge in [0.05, 0.1) is 18.7 Å². The molecule has 1 aliphatic rings. The maximum Gasteiger partial charge on any atom is 0.227 e. The lowest BCUT2D eigenvalue weighted by Gasteiger charge is -2.20. The van der Waals surface area contributed by atoms with Crippen molar-refractivity contribution in [2.24, 2.45) is 5.92 Å². The number of rotatable bonds is 7. The third kappa shape index (κ3) is 4.20. The van der Waals surface area contributed by atoms with Crippen LogP contribution < -0.4 is 15.0 Å². The predicted octanol–water partition coefficient (Wildman–Crippen LogP) is 3.32. The number of amides is 2. The van der Waals surface area contributed by atoms with Crippen LogP contribution in [0.2, 0.25) is 5.02 Å². The van der Waals surface area contributed by atoms with Crippen molar-refractivity contribution >= 4 is 29.1 Å². The maximum absolute atomic E-state index is 12.4. The Kier molecular flexibility index (Phi) is 6.49. The van der Waals surface area contributed by atoms with E-state index in [4.69, 9.17) is 16.3 Å². The van der Waals surface area contributed by atoms with Crippen LogP contribution in [0.15, 0.2) is 12.1 Å². The van der Waals surface area contributed by atoms with Crippen molar-refractivity contribution in [2.45, 2.75) is 39.5 Å². The van der Waals surface area contributed by atoms with E-state index in [0.717, 1.165) is 24.8 Å². The predicted molar refractivity (Wildman–Crippen MR) is 95.7 cm³/mol. The van der Waals surface area contributed by atoms with Crippen LogP contribution in [-0.2, 0) is 9.59 Å². The number of hydrogen-bond donors (Lipinski definition) is 1. The summed E-state index contributed by atoms with van der Waals surface area (Å²) in [6.07, 6.45) is 3.40. The van der Waals surface area contributed by atoms with Crippen molar-refractivity contribution in [3.63, 3.8) is 0 Å². The number of methoxy groups -OCH3 is 1. The summed E-state index contributed by atoms with van der Waals surface area (Å²) in [6.45, 7) is 5.04. The van der Waals surface area contributed by atoms with E-state index in [-0.39, 0.29) is 24.2 Å². The van der Waals surface area contributed by atoms with Crippen LogP contribution in [0.25, 0.3) is 0 Å². The summed E-state index contributed by atoms with van der Waals surface area (Å²) in [5, 5.41) is 3.52. The van der Waals surface area contributed by atoms with Crippen molar-refractivity contribution in [1.82, 2.24) is 5.32 Å². The lowest BCUT2D eigenvalue weighted by Crippen LogP contribution is -2.33. The van der Waals surface area contributed by atoms with E-state index in [9.17, 15) is 9.59 Å². The fraction of sp³-hybridized carbons (Fsp3) is 0.556. The Morgan fingerprint density at radius 1 is 1.42 bits per heavy atom. The van der Waals surface area contributed by atoms with Crippen molar-refractivity contribution in [3.8, 4) is 5.75 Å². The Labute approximate surface area is 148 Å². The first-order valence-electron chi connectivity index (χ1n) is 8.40. The fourth-order valence-electron chi connectivity index (χ4n) is 2.87. The molecule has 1 aromatic carbocycles. The standard InChI is InChI=1S/C18H25ClN2O3/c1-4-5-6-7-20-18(23)13-9-17(22)21(11-13)15-8-12(2)14(19)10-16(15)24-3/h8,10,13H,4-7,9,11H2,1-3H3,(H,20,23). The Morgan fingerprint density at radius 3 is 2.83 bits per heavy atom. The van der Waals surface area contributed by atoms with Crippen LogP contribution in [0.1, 0.15) is 38.2 Å². The van der Waals surface area contributed by atoms with Gasteiger partial charge in [-0.25, -0.2) is 0 Å². The molecule has 0 spiro atoms. The van der Waals surface area contributed by atoms with E-state index >= 15 is 0 Å². The molecule has 0 aliphatic carbocycles. The van der Waals surface area contributed by atoms with Crippen LogP contribution in [0, 0.1) is 12.8 Å². The highest BCUT2D eigenvalue weighted by Gasteiger charge is 2.36. The number of aryl methyl sites for hydroxylation is 1. The Bertz CT molecular complexity index is 619. The molecule has 1 saturated heterocycles. The van der Waals surface area contributed by atoms with Crippen LogP contribution in [0.5, 0.6) is 5.75 Å². The van der Waals surface area contributed by atoms with Gasteiger partial charge in [0.1, 0.15) is 5.75 Å². The minimum Gasteiger partial charge on any atom is -0.495 e. The molecule has 0 radical (unpaired) electrons. The molecule has 0 saturated carbocycles. The number of benzene rings is 1. The summed E-state index contributed by atoms with van der Waals surface area (Å²) in [4.78, 5) is 26.3. The molecule has 1 aromatic rings. The molecule has 0 bridgehead atoms. The van der Waals surface area contributed by atoms with Crippen LogP contribution >= 0.6 is 11.6 Å². The number of carbonyl (C=O) groups excluding carboxylic acids is 2. The molecule has 24 heavy (non-hydrogen) atoms. The topological polar surface area (TPSA) is 58.6 Å². The summed E-state index contributed by atoms with van der Waals surface area (Å²) < 4.78 is 5.35. The minimum atomic E-state index is -0.320. The Hall–Kier alpha value is -1.75. The number of hydrogen-bond acceptors (Lipinski definition) is 3. The van der Waals surface area contributed by atoms with Gasteiger partial charge in [0.2, 0.25) is 11.8 Å². The van der Waals surface area contributed by atoms with E-state index in [1.807, 2.05) is 13.0 Å². The molecule has 1 heterocycles. The molecule has 6 heteroatoms. The van der Waals surface area contributed by atoms with Crippen molar-refractivity contribution in [1.29, 1.82) is 0 Å². The zero-order valence-corrected chi connectivity index (χ0v) is 15.3. The second-order valence-electron chi connectivity index (χ2n) is 6.18. The number of nitrogens with one attached hydrogen (secondary N) is 1. The highest BCUT2D eigenvalue weighted by molar-refractivity contribution is 6.31. The quantitative estimate of drug-likeness (QED) is 0.766. The summed E-state index contributed by atoms with van der Waals surface area (Å²) in [6, 6.07) is 3.54. The number of ether oxygens (including phenoxy) is 1. The van der Waals surface area contributed by atoms with E-state index in [2.05, 4.69) is 12.2 Å². The fourth-order valence-corrected chi connectivity index (χ4v) is 3.02. The molecule has 0 aromatic heterocycles. The number of nitrogens with zero attached hydrogens (tertiary/aromatic N) is 1. The largest absolute Gasteiger partial charge is 0.495 e. The molecule has 2 rings (SSSR count). The first-order valence-corrected chi connectivity index (χ1v) is 8.78. The van der Waals surface area contributed by atoms with Gasteiger partial charge in [0, 0.05) is 30.6 Å². The van der Waals surface area contributed by atoms with Gasteiger partial charge in [-0.3, -0.25) is 9.59 Å². The summed E-state index contributed by atoms with van der Waals surface area (Å²) in [7, 11) is 1.54. The van der Waals surface area contributed by atoms with E-state index < -0.39 is 0 Å². The first-order chi connectivity index (χ1) is 11.5. The van der Waals surface area contributed by atoms with E-state index in [0.29, 0.717) is 29.5 Å². The third-order valence-electron chi connectivity index (χ3n) is 4.33. The Balaban J connectivity index is 2.07. The second-order valence-corrected chi connectivity index (χ2v) is 6.58. The lowest BCUT2D eigenvalue weighted by molar-refractivity contribution is -0.126. The summed E-state index contributed by atoms with van der Waals surface area (Å²) >= 11 is 6.12. The number of halogens is 1. The van der Waals surface area contributed by atoms with Gasteiger partial charge in [-0.15, -0.1) is 0 Å². The molecule has 1 aliphatic heterocycles. The molecule has 132 valence electrons. The van der Waals surface area contributed by atoms with Gasteiger partial charge in [0.15, 0.2) is 0 Å². The average molecular weight is 353 g/mol. The van der Waals surface area contributed by atoms with Crippen LogP contribution in [0.4, 0.5) is 5.69 Å². The smallest absolute Gasteiger partial charge is 0.227 e. The lowest BCUT2D eigenvalue weighted by atomic mass is 10.1. The molecule has 1 unspecified atom stereocenters. The summed E-state index contributed by atoms with van der Waals surface area (Å²) in [5.41, 5.74) is 1.54. The number of carbonyl (C=O) groups is 2. The third-order valence-corrected chi connectivity index (χ3v) is 4.73. The van der Waals surface area contributed by atoms with Gasteiger partial charge in [-0.05, 0) is 25.0 Å².